The minimum Gasteiger partial charge on any atom is -0.336 e. The second-order valence-electron chi connectivity index (χ2n) is 11.2. The number of rotatable bonds is 4. The Morgan fingerprint density at radius 1 is 1.03 bits per heavy atom. The van der Waals surface area contributed by atoms with Gasteiger partial charge in [0, 0.05) is 18.5 Å². The summed E-state index contributed by atoms with van der Waals surface area (Å²) >= 11 is 0. The van der Waals surface area contributed by atoms with Crippen molar-refractivity contribution in [3.63, 3.8) is 0 Å². The number of hydrogen-bond acceptors (Lipinski definition) is 4. The van der Waals surface area contributed by atoms with Crippen molar-refractivity contribution in [3.8, 4) is 0 Å². The van der Waals surface area contributed by atoms with E-state index in [1.54, 1.807) is 6.33 Å². The SMILES string of the molecule is O=C(CC1CCCC1)N1CCc2c(ncnc2NC(=O)C23CC4CC(CC(C4)C2)C3)C1. The summed E-state index contributed by atoms with van der Waals surface area (Å²) < 4.78 is 0. The van der Waals surface area contributed by atoms with Crippen molar-refractivity contribution in [1.82, 2.24) is 14.9 Å². The monoisotopic (exact) mass is 422 g/mol. The first-order chi connectivity index (χ1) is 15.1. The van der Waals surface area contributed by atoms with E-state index in [-0.39, 0.29) is 17.2 Å². The molecule has 1 aromatic rings. The predicted molar refractivity (Wildman–Crippen MR) is 117 cm³/mol. The number of aromatic nitrogens is 2. The third-order valence-electron chi connectivity index (χ3n) is 9.05. The Morgan fingerprint density at radius 2 is 1.71 bits per heavy atom. The van der Waals surface area contributed by atoms with Gasteiger partial charge in [-0.05, 0) is 81.5 Å². The van der Waals surface area contributed by atoms with Crippen molar-refractivity contribution in [3.05, 3.63) is 17.6 Å². The Labute approximate surface area is 184 Å². The number of nitrogens with zero attached hydrogens (tertiary/aromatic N) is 3. The maximum atomic E-state index is 13.5. The van der Waals surface area contributed by atoms with Gasteiger partial charge in [0.2, 0.25) is 11.8 Å². The molecule has 166 valence electrons. The molecule has 0 unspecified atom stereocenters. The normalized spacial score (nSPS) is 34.1. The summed E-state index contributed by atoms with van der Waals surface area (Å²) in [5.41, 5.74) is 1.76. The first-order valence-electron chi connectivity index (χ1n) is 12.5. The molecule has 0 saturated heterocycles. The van der Waals surface area contributed by atoms with Gasteiger partial charge >= 0.3 is 0 Å². The average molecular weight is 423 g/mol. The summed E-state index contributed by atoms with van der Waals surface area (Å²) in [6.45, 7) is 1.25. The van der Waals surface area contributed by atoms with E-state index in [2.05, 4.69) is 15.3 Å². The van der Waals surface area contributed by atoms with Crippen LogP contribution in [0.25, 0.3) is 0 Å². The third kappa shape index (κ3) is 3.56. The molecule has 2 heterocycles. The Bertz CT molecular complexity index is 856. The van der Waals surface area contributed by atoms with E-state index in [9.17, 15) is 9.59 Å². The minimum absolute atomic E-state index is 0.176. The van der Waals surface area contributed by atoms with Gasteiger partial charge in [-0.3, -0.25) is 9.59 Å². The smallest absolute Gasteiger partial charge is 0.231 e. The molecule has 1 N–H and O–H groups in total. The van der Waals surface area contributed by atoms with Crippen LogP contribution in [0.3, 0.4) is 0 Å². The van der Waals surface area contributed by atoms with E-state index in [1.807, 2.05) is 4.90 Å². The molecule has 5 saturated carbocycles. The fourth-order valence-corrected chi connectivity index (χ4v) is 7.89. The number of anilines is 1. The van der Waals surface area contributed by atoms with Gasteiger partial charge in [0.25, 0.3) is 0 Å². The van der Waals surface area contributed by atoms with Gasteiger partial charge in [0.05, 0.1) is 17.7 Å². The molecule has 5 aliphatic carbocycles. The molecule has 5 fully saturated rings. The number of carbonyl (C=O) groups excluding carboxylic acids is 2. The van der Waals surface area contributed by atoms with Crippen LogP contribution in [0.5, 0.6) is 0 Å². The number of fused-ring (bicyclic) bond motifs is 1. The van der Waals surface area contributed by atoms with Gasteiger partial charge in [0.15, 0.2) is 0 Å². The van der Waals surface area contributed by atoms with Crippen LogP contribution in [-0.4, -0.2) is 33.2 Å². The molecule has 7 rings (SSSR count). The van der Waals surface area contributed by atoms with Crippen molar-refractivity contribution >= 4 is 17.6 Å². The van der Waals surface area contributed by atoms with Crippen molar-refractivity contribution in [2.24, 2.45) is 29.1 Å². The summed E-state index contributed by atoms with van der Waals surface area (Å²) in [5.74, 6) is 3.94. The number of amides is 2. The van der Waals surface area contributed by atoms with Crippen LogP contribution in [0.4, 0.5) is 5.82 Å². The zero-order valence-electron chi connectivity index (χ0n) is 18.4. The van der Waals surface area contributed by atoms with Crippen LogP contribution < -0.4 is 5.32 Å². The Balaban J connectivity index is 1.16. The maximum Gasteiger partial charge on any atom is 0.231 e. The number of hydrogen-bond donors (Lipinski definition) is 1. The zero-order valence-corrected chi connectivity index (χ0v) is 18.4. The molecule has 0 atom stereocenters. The van der Waals surface area contributed by atoms with Crippen LogP contribution in [0.1, 0.15) is 81.9 Å². The minimum atomic E-state index is -0.176. The lowest BCUT2D eigenvalue weighted by atomic mass is 9.49. The van der Waals surface area contributed by atoms with Gasteiger partial charge in [0.1, 0.15) is 12.1 Å². The summed E-state index contributed by atoms with van der Waals surface area (Å²) in [4.78, 5) is 37.2. The molecule has 6 nitrogen and oxygen atoms in total. The molecule has 4 bridgehead atoms. The summed E-state index contributed by atoms with van der Waals surface area (Å²) in [6.07, 6.45) is 15.0. The van der Waals surface area contributed by atoms with Crippen LogP contribution in [-0.2, 0) is 22.6 Å². The molecule has 0 aromatic carbocycles. The maximum absolute atomic E-state index is 13.5. The fourth-order valence-electron chi connectivity index (χ4n) is 7.89. The van der Waals surface area contributed by atoms with E-state index in [4.69, 9.17) is 0 Å². The first kappa shape index (κ1) is 19.7. The van der Waals surface area contributed by atoms with Gasteiger partial charge in [-0.1, -0.05) is 12.8 Å². The van der Waals surface area contributed by atoms with Gasteiger partial charge < -0.3 is 10.2 Å². The van der Waals surface area contributed by atoms with E-state index >= 15 is 0 Å². The quantitative estimate of drug-likeness (QED) is 0.793. The van der Waals surface area contributed by atoms with E-state index < -0.39 is 0 Å². The second-order valence-corrected chi connectivity index (χ2v) is 11.2. The molecule has 1 aromatic heterocycles. The van der Waals surface area contributed by atoms with Crippen molar-refractivity contribution in [2.45, 2.75) is 83.6 Å². The number of carbonyl (C=O) groups is 2. The molecule has 6 heteroatoms. The predicted octanol–water partition coefficient (Wildman–Crippen LogP) is 4.10. The molecule has 0 radical (unpaired) electrons. The first-order valence-corrected chi connectivity index (χ1v) is 12.5. The van der Waals surface area contributed by atoms with Gasteiger partial charge in [-0.2, -0.15) is 0 Å². The highest BCUT2D eigenvalue weighted by Crippen LogP contribution is 2.60. The lowest BCUT2D eigenvalue weighted by molar-refractivity contribution is -0.140. The molecule has 2 amide bonds. The van der Waals surface area contributed by atoms with E-state index in [0.717, 1.165) is 54.7 Å². The molecule has 6 aliphatic rings. The van der Waals surface area contributed by atoms with Crippen LogP contribution >= 0.6 is 0 Å². The zero-order chi connectivity index (χ0) is 21.0. The average Bonchev–Trinajstić information content (AvgIpc) is 3.25. The van der Waals surface area contributed by atoms with Crippen LogP contribution in [0.15, 0.2) is 6.33 Å². The highest BCUT2D eigenvalue weighted by atomic mass is 16.2. The van der Waals surface area contributed by atoms with E-state index in [0.29, 0.717) is 31.2 Å². The van der Waals surface area contributed by atoms with Crippen molar-refractivity contribution < 1.29 is 9.59 Å². The topological polar surface area (TPSA) is 75.2 Å². The van der Waals surface area contributed by atoms with Crippen molar-refractivity contribution in [1.29, 1.82) is 0 Å². The van der Waals surface area contributed by atoms with Crippen LogP contribution in [0.2, 0.25) is 0 Å². The van der Waals surface area contributed by atoms with Gasteiger partial charge in [-0.25, -0.2) is 9.97 Å². The largest absolute Gasteiger partial charge is 0.336 e. The lowest BCUT2D eigenvalue weighted by Crippen LogP contribution is -2.52. The molecule has 31 heavy (non-hydrogen) atoms. The standard InChI is InChI=1S/C25H34N4O2/c30-22(10-16-3-1-2-4-16)29-6-5-20-21(14-29)26-15-27-23(20)28-24(31)25-11-17-7-18(12-25)9-19(8-17)13-25/h15-19H,1-14H2,(H,26,27,28,31). The molecular formula is C25H34N4O2. The lowest BCUT2D eigenvalue weighted by Gasteiger charge is -2.55. The molecular weight excluding hydrogens is 388 g/mol. The third-order valence-corrected chi connectivity index (χ3v) is 9.05. The summed E-state index contributed by atoms with van der Waals surface area (Å²) in [6, 6.07) is 0. The Hall–Kier alpha value is -1.98. The van der Waals surface area contributed by atoms with Crippen LogP contribution in [0, 0.1) is 29.1 Å². The Kier molecular flexibility index (Phi) is 4.80. The van der Waals surface area contributed by atoms with E-state index in [1.165, 1.54) is 44.9 Å². The second kappa shape index (κ2) is 7.56. The fraction of sp³-hybridized carbons (Fsp3) is 0.760. The van der Waals surface area contributed by atoms with Crippen molar-refractivity contribution in [2.75, 3.05) is 11.9 Å². The summed E-state index contributed by atoms with van der Waals surface area (Å²) in [7, 11) is 0. The highest BCUT2D eigenvalue weighted by Gasteiger charge is 2.54. The molecule has 0 spiro atoms. The summed E-state index contributed by atoms with van der Waals surface area (Å²) in [5, 5.41) is 3.24. The van der Waals surface area contributed by atoms with Gasteiger partial charge in [-0.15, -0.1) is 0 Å². The number of nitrogens with one attached hydrogen (secondary N) is 1. The highest BCUT2D eigenvalue weighted by molar-refractivity contribution is 5.95. The Morgan fingerprint density at radius 3 is 2.39 bits per heavy atom. The molecule has 1 aliphatic heterocycles.